The molecule has 2 aromatic carbocycles. The molecule has 0 unspecified atom stereocenters. The third-order valence-electron chi connectivity index (χ3n) is 3.98. The lowest BCUT2D eigenvalue weighted by molar-refractivity contribution is 0.102. The van der Waals surface area contributed by atoms with E-state index in [0.29, 0.717) is 5.56 Å². The first-order chi connectivity index (χ1) is 11.7. The van der Waals surface area contributed by atoms with Crippen molar-refractivity contribution < 1.29 is 4.79 Å². The lowest BCUT2D eigenvalue weighted by Gasteiger charge is -2.06. The fourth-order valence-corrected chi connectivity index (χ4v) is 2.83. The van der Waals surface area contributed by atoms with Crippen molar-refractivity contribution >= 4 is 22.5 Å². The minimum Gasteiger partial charge on any atom is -0.356 e. The number of carbonyl (C=O) groups is 1. The summed E-state index contributed by atoms with van der Waals surface area (Å²) in [4.78, 5) is 12.7. The fraction of sp³-hybridized carbons (Fsp3) is 0.0526. The Morgan fingerprint density at radius 2 is 1.96 bits per heavy atom. The number of nitrogens with one attached hydrogen (secondary N) is 2. The quantitative estimate of drug-likeness (QED) is 0.603. The van der Waals surface area contributed by atoms with Crippen molar-refractivity contribution in [2.24, 2.45) is 7.05 Å². The average molecular weight is 316 g/mol. The van der Waals surface area contributed by atoms with E-state index in [2.05, 4.69) is 15.5 Å². The molecule has 4 aromatic rings. The van der Waals surface area contributed by atoms with Gasteiger partial charge in [-0.2, -0.15) is 5.10 Å². The van der Waals surface area contributed by atoms with Crippen LogP contribution in [0.1, 0.15) is 10.4 Å². The Hall–Kier alpha value is -3.34. The smallest absolute Gasteiger partial charge is 0.257 e. The number of rotatable bonds is 3. The summed E-state index contributed by atoms with van der Waals surface area (Å²) in [5, 5.41) is 10.8. The fourth-order valence-electron chi connectivity index (χ4n) is 2.83. The van der Waals surface area contributed by atoms with Crippen molar-refractivity contribution in [1.82, 2.24) is 14.8 Å². The summed E-state index contributed by atoms with van der Waals surface area (Å²) >= 11 is 0. The highest BCUT2D eigenvalue weighted by atomic mass is 16.1. The molecule has 24 heavy (non-hydrogen) atoms. The molecule has 2 heterocycles. The van der Waals surface area contributed by atoms with E-state index in [1.807, 2.05) is 72.5 Å². The maximum atomic E-state index is 12.7. The van der Waals surface area contributed by atoms with E-state index >= 15 is 0 Å². The van der Waals surface area contributed by atoms with Crippen LogP contribution in [0.15, 0.2) is 67.1 Å². The minimum absolute atomic E-state index is 0.128. The molecule has 0 fully saturated rings. The molecule has 0 bridgehead atoms. The number of fused-ring (bicyclic) bond motifs is 1. The van der Waals surface area contributed by atoms with E-state index in [1.54, 1.807) is 6.20 Å². The molecule has 4 rings (SSSR count). The first-order valence-electron chi connectivity index (χ1n) is 7.66. The van der Waals surface area contributed by atoms with E-state index in [-0.39, 0.29) is 5.91 Å². The minimum atomic E-state index is -0.128. The van der Waals surface area contributed by atoms with E-state index in [0.717, 1.165) is 27.7 Å². The predicted octanol–water partition coefficient (Wildman–Crippen LogP) is 3.82. The van der Waals surface area contributed by atoms with Gasteiger partial charge in [-0.3, -0.25) is 9.89 Å². The molecule has 1 amide bonds. The third kappa shape index (κ3) is 2.56. The topological polar surface area (TPSA) is 62.7 Å². The van der Waals surface area contributed by atoms with Crippen LogP contribution in [0.4, 0.5) is 5.69 Å². The summed E-state index contributed by atoms with van der Waals surface area (Å²) in [5.41, 5.74) is 4.28. The Kier molecular flexibility index (Phi) is 3.39. The molecular formula is C19H16N4O. The van der Waals surface area contributed by atoms with Gasteiger partial charge in [0.05, 0.1) is 17.3 Å². The van der Waals surface area contributed by atoms with Crippen molar-refractivity contribution in [3.63, 3.8) is 0 Å². The van der Waals surface area contributed by atoms with Crippen LogP contribution in [-0.2, 0) is 7.05 Å². The molecule has 0 aliphatic carbocycles. The maximum absolute atomic E-state index is 12.7. The summed E-state index contributed by atoms with van der Waals surface area (Å²) in [6.07, 6.45) is 5.54. The van der Waals surface area contributed by atoms with Crippen LogP contribution < -0.4 is 5.32 Å². The van der Waals surface area contributed by atoms with E-state index in [4.69, 9.17) is 0 Å². The Morgan fingerprint density at radius 1 is 1.12 bits per heavy atom. The molecule has 0 atom stereocenters. The zero-order chi connectivity index (χ0) is 16.5. The number of aryl methyl sites for hydroxylation is 1. The number of hydrogen-bond acceptors (Lipinski definition) is 2. The maximum Gasteiger partial charge on any atom is 0.257 e. The van der Waals surface area contributed by atoms with Crippen LogP contribution in [0, 0.1) is 0 Å². The number of aromatic nitrogens is 3. The number of anilines is 1. The predicted molar refractivity (Wildman–Crippen MR) is 94.9 cm³/mol. The largest absolute Gasteiger partial charge is 0.356 e. The van der Waals surface area contributed by atoms with Crippen molar-refractivity contribution in [1.29, 1.82) is 0 Å². The summed E-state index contributed by atoms with van der Waals surface area (Å²) < 4.78 is 1.90. The third-order valence-corrected chi connectivity index (χ3v) is 3.98. The second-order valence-corrected chi connectivity index (χ2v) is 5.74. The van der Waals surface area contributed by atoms with Gasteiger partial charge < -0.3 is 9.88 Å². The normalized spacial score (nSPS) is 10.9. The molecule has 118 valence electrons. The van der Waals surface area contributed by atoms with Crippen LogP contribution in [0.5, 0.6) is 0 Å². The highest BCUT2D eigenvalue weighted by molar-refractivity contribution is 6.09. The highest BCUT2D eigenvalue weighted by Crippen LogP contribution is 2.25. The SMILES string of the molecule is Cn1cc(C(=O)Nc2ccc3[nH]ncc3c2)c(-c2ccccc2)c1. The van der Waals surface area contributed by atoms with Gasteiger partial charge in [-0.05, 0) is 23.8 Å². The second-order valence-electron chi connectivity index (χ2n) is 5.74. The molecule has 2 aromatic heterocycles. The molecule has 0 aliphatic heterocycles. The van der Waals surface area contributed by atoms with Crippen molar-refractivity contribution in [2.45, 2.75) is 0 Å². The van der Waals surface area contributed by atoms with Gasteiger partial charge in [0.25, 0.3) is 5.91 Å². The molecule has 5 heteroatoms. The van der Waals surface area contributed by atoms with E-state index in [1.165, 1.54) is 0 Å². The Bertz CT molecular complexity index is 1010. The van der Waals surface area contributed by atoms with Crippen LogP contribution in [0.2, 0.25) is 0 Å². The van der Waals surface area contributed by atoms with Crippen LogP contribution in [0.25, 0.3) is 22.0 Å². The van der Waals surface area contributed by atoms with Gasteiger partial charge >= 0.3 is 0 Å². The molecule has 0 spiro atoms. The number of nitrogens with zero attached hydrogens (tertiary/aromatic N) is 2. The zero-order valence-corrected chi connectivity index (χ0v) is 13.2. The molecule has 0 radical (unpaired) electrons. The molecule has 0 saturated heterocycles. The molecule has 0 aliphatic rings. The Morgan fingerprint density at radius 3 is 2.79 bits per heavy atom. The van der Waals surface area contributed by atoms with Gasteiger partial charge in [-0.15, -0.1) is 0 Å². The first-order valence-corrected chi connectivity index (χ1v) is 7.66. The average Bonchev–Trinajstić information content (AvgIpc) is 3.21. The van der Waals surface area contributed by atoms with Crippen molar-refractivity contribution in [3.05, 3.63) is 72.7 Å². The molecule has 2 N–H and O–H groups in total. The second kappa shape index (κ2) is 5.70. The Labute approximate surface area is 138 Å². The summed E-state index contributed by atoms with van der Waals surface area (Å²) in [7, 11) is 1.92. The van der Waals surface area contributed by atoms with E-state index < -0.39 is 0 Å². The zero-order valence-electron chi connectivity index (χ0n) is 13.2. The molecule has 0 saturated carbocycles. The van der Waals surface area contributed by atoms with Crippen LogP contribution in [0.3, 0.4) is 0 Å². The standard InChI is InChI=1S/C19H16N4O/c1-23-11-16(13-5-3-2-4-6-13)17(12-23)19(24)21-15-7-8-18-14(9-15)10-20-22-18/h2-12H,1H3,(H,20,22)(H,21,24). The van der Waals surface area contributed by atoms with Crippen molar-refractivity contribution in [2.75, 3.05) is 5.32 Å². The van der Waals surface area contributed by atoms with Crippen LogP contribution in [-0.4, -0.2) is 20.7 Å². The van der Waals surface area contributed by atoms with Gasteiger partial charge in [0.2, 0.25) is 0 Å². The summed E-state index contributed by atoms with van der Waals surface area (Å²) in [5.74, 6) is -0.128. The van der Waals surface area contributed by atoms with E-state index in [9.17, 15) is 4.79 Å². The monoisotopic (exact) mass is 316 g/mol. The number of benzene rings is 2. The lowest BCUT2D eigenvalue weighted by Crippen LogP contribution is -2.12. The van der Waals surface area contributed by atoms with Crippen LogP contribution >= 0.6 is 0 Å². The number of carbonyl (C=O) groups excluding carboxylic acids is 1. The Balaban J connectivity index is 1.67. The summed E-state index contributed by atoms with van der Waals surface area (Å²) in [6.45, 7) is 0. The highest BCUT2D eigenvalue weighted by Gasteiger charge is 2.15. The number of H-pyrrole nitrogens is 1. The first kappa shape index (κ1) is 14.3. The number of hydrogen-bond donors (Lipinski definition) is 2. The number of amides is 1. The summed E-state index contributed by atoms with van der Waals surface area (Å²) in [6, 6.07) is 15.6. The molecular weight excluding hydrogens is 300 g/mol. The van der Waals surface area contributed by atoms with Gasteiger partial charge in [0.15, 0.2) is 0 Å². The number of aromatic amines is 1. The van der Waals surface area contributed by atoms with Gasteiger partial charge in [0.1, 0.15) is 0 Å². The van der Waals surface area contributed by atoms with Crippen molar-refractivity contribution in [3.8, 4) is 11.1 Å². The van der Waals surface area contributed by atoms with Gasteiger partial charge in [-0.25, -0.2) is 0 Å². The van der Waals surface area contributed by atoms with Gasteiger partial charge in [-0.1, -0.05) is 30.3 Å². The lowest BCUT2D eigenvalue weighted by atomic mass is 10.0. The molecule has 5 nitrogen and oxygen atoms in total. The van der Waals surface area contributed by atoms with Gasteiger partial charge in [0, 0.05) is 36.1 Å².